The van der Waals surface area contributed by atoms with E-state index in [0.717, 1.165) is 0 Å². The highest BCUT2D eigenvalue weighted by atomic mass is 31.3. The Labute approximate surface area is 201 Å². The Balaban J connectivity index is 1.76. The Kier molecular flexibility index (Phi) is 8.90. The third kappa shape index (κ3) is 8.70. The van der Waals surface area contributed by atoms with Crippen molar-refractivity contribution in [2.24, 2.45) is 0 Å². The Hall–Kier alpha value is -1.17. The second-order valence-corrected chi connectivity index (χ2v) is 13.5. The standard InChI is InChI=1S/C12H22N6O14P4/c13-11-10-12(15-6-14-11)18(7-16-10)9-4-17(1-2-33(19,20)21)3-8(30-9)5-29-35(25,26)32-36(27,28)31-34(22,23)24/h6-9H,1-5H2,(H,25,26)(H,27,28)(H2,13,14,15)(H2,19,20,21)(H2,22,23,24). The van der Waals surface area contributed by atoms with Crippen molar-refractivity contribution in [2.45, 2.75) is 12.3 Å². The van der Waals surface area contributed by atoms with Gasteiger partial charge in [0.2, 0.25) is 0 Å². The third-order valence-corrected chi connectivity index (χ3v) is 9.06. The van der Waals surface area contributed by atoms with E-state index >= 15 is 0 Å². The molecule has 4 unspecified atom stereocenters. The highest BCUT2D eigenvalue weighted by Gasteiger charge is 2.41. The molecule has 1 saturated heterocycles. The Bertz CT molecular complexity index is 1280. The summed E-state index contributed by atoms with van der Waals surface area (Å²) in [6.07, 6.45) is -0.00262. The number of morpholine rings is 1. The fourth-order valence-electron chi connectivity index (χ4n) is 3.15. The number of hydrogen-bond acceptors (Lipinski definition) is 13. The summed E-state index contributed by atoms with van der Waals surface area (Å²) in [5.74, 6) is 0.0807. The molecule has 0 amide bonds. The quantitative estimate of drug-likeness (QED) is 0.155. The van der Waals surface area contributed by atoms with E-state index in [4.69, 9.17) is 20.3 Å². The predicted octanol–water partition coefficient (Wildman–Crippen LogP) is -0.871. The van der Waals surface area contributed by atoms with Gasteiger partial charge in [-0.05, 0) is 0 Å². The molecule has 0 spiro atoms. The van der Waals surface area contributed by atoms with Gasteiger partial charge in [0.25, 0.3) is 0 Å². The first-order valence-corrected chi connectivity index (χ1v) is 15.9. The van der Waals surface area contributed by atoms with Crippen LogP contribution in [0.15, 0.2) is 12.7 Å². The topological polar surface area (TPSA) is 299 Å². The first-order valence-electron chi connectivity index (χ1n) is 9.57. The predicted molar refractivity (Wildman–Crippen MR) is 117 cm³/mol. The lowest BCUT2D eigenvalue weighted by atomic mass is 10.2. The minimum Gasteiger partial charge on any atom is -0.382 e. The van der Waals surface area contributed by atoms with Crippen molar-refractivity contribution in [1.82, 2.24) is 24.4 Å². The zero-order valence-corrected chi connectivity index (χ0v) is 21.5. The summed E-state index contributed by atoms with van der Waals surface area (Å²) in [5.41, 5.74) is 6.28. The molecule has 24 heteroatoms. The molecule has 0 aromatic carbocycles. The lowest BCUT2D eigenvalue weighted by Gasteiger charge is -2.38. The van der Waals surface area contributed by atoms with Crippen LogP contribution in [0.4, 0.5) is 5.82 Å². The van der Waals surface area contributed by atoms with Crippen LogP contribution in [0.5, 0.6) is 0 Å². The lowest BCUT2D eigenvalue weighted by molar-refractivity contribution is -0.130. The normalized spacial score (nSPS) is 23.4. The second-order valence-electron chi connectivity index (χ2n) is 7.33. The number of nitrogens with two attached hydrogens (primary N) is 1. The lowest BCUT2D eigenvalue weighted by Crippen LogP contribution is -2.48. The number of phosphoric acid groups is 3. The molecule has 8 N–H and O–H groups in total. The van der Waals surface area contributed by atoms with E-state index < -0.39 is 56.2 Å². The van der Waals surface area contributed by atoms with Crippen molar-refractivity contribution >= 4 is 48.0 Å². The minimum absolute atomic E-state index is 0.0706. The number of ether oxygens (including phenoxy) is 1. The summed E-state index contributed by atoms with van der Waals surface area (Å²) in [6, 6.07) is 0. The van der Waals surface area contributed by atoms with E-state index in [1.807, 2.05) is 0 Å². The number of aromatic nitrogens is 4. The summed E-state index contributed by atoms with van der Waals surface area (Å²) in [4.78, 5) is 68.1. The van der Waals surface area contributed by atoms with E-state index in [0.29, 0.717) is 0 Å². The fourth-order valence-corrected chi connectivity index (χ4v) is 6.75. The molecule has 20 nitrogen and oxygen atoms in total. The van der Waals surface area contributed by atoms with Gasteiger partial charge in [0.15, 0.2) is 11.5 Å². The average Bonchev–Trinajstić information content (AvgIpc) is 3.13. The van der Waals surface area contributed by atoms with Gasteiger partial charge < -0.3 is 39.8 Å². The maximum atomic E-state index is 12.0. The molecule has 3 heterocycles. The second kappa shape index (κ2) is 10.9. The van der Waals surface area contributed by atoms with Gasteiger partial charge in [0.1, 0.15) is 18.1 Å². The molecular weight excluding hydrogens is 576 g/mol. The summed E-state index contributed by atoms with van der Waals surface area (Å²) < 4.78 is 64.8. The summed E-state index contributed by atoms with van der Waals surface area (Å²) in [5, 5.41) is 0. The smallest absolute Gasteiger partial charge is 0.382 e. The molecule has 1 fully saturated rings. The fraction of sp³-hybridized carbons (Fsp3) is 0.583. The van der Waals surface area contributed by atoms with Gasteiger partial charge in [0, 0.05) is 19.6 Å². The molecule has 2 aromatic heterocycles. The SMILES string of the molecule is Nc1ncnc2c1ncn2C1CN(CCP(=O)(O)O)CC(COP(=O)(O)OP(=O)(O)OP(=O)(O)O)O1. The minimum atomic E-state index is -5.71. The number of phosphoric ester groups is 1. The molecule has 36 heavy (non-hydrogen) atoms. The van der Waals surface area contributed by atoms with Gasteiger partial charge >= 0.3 is 31.1 Å². The van der Waals surface area contributed by atoms with Crippen LogP contribution in [-0.4, -0.2) is 92.3 Å². The van der Waals surface area contributed by atoms with Crippen LogP contribution in [-0.2, 0) is 36.1 Å². The molecule has 0 aliphatic carbocycles. The van der Waals surface area contributed by atoms with E-state index in [-0.39, 0.29) is 36.6 Å². The van der Waals surface area contributed by atoms with Crippen LogP contribution in [0, 0.1) is 0 Å². The van der Waals surface area contributed by atoms with Gasteiger partial charge in [0.05, 0.1) is 25.2 Å². The molecule has 3 rings (SSSR count). The van der Waals surface area contributed by atoms with Crippen molar-refractivity contribution in [3.63, 3.8) is 0 Å². The summed E-state index contributed by atoms with van der Waals surface area (Å²) >= 11 is 0. The molecular formula is C12H22N6O14P4. The van der Waals surface area contributed by atoms with Crippen molar-refractivity contribution in [3.05, 3.63) is 12.7 Å². The monoisotopic (exact) mass is 598 g/mol. The zero-order chi connectivity index (χ0) is 26.9. The van der Waals surface area contributed by atoms with Gasteiger partial charge in [-0.3, -0.25) is 18.6 Å². The average molecular weight is 598 g/mol. The number of nitrogen functional groups attached to an aromatic ring is 1. The Morgan fingerprint density at radius 2 is 1.69 bits per heavy atom. The molecule has 0 saturated carbocycles. The number of rotatable bonds is 11. The van der Waals surface area contributed by atoms with E-state index in [1.54, 1.807) is 4.90 Å². The molecule has 2 aromatic rings. The highest BCUT2D eigenvalue weighted by Crippen LogP contribution is 2.66. The zero-order valence-electron chi connectivity index (χ0n) is 17.9. The van der Waals surface area contributed by atoms with Crippen LogP contribution in [0.2, 0.25) is 0 Å². The van der Waals surface area contributed by atoms with Gasteiger partial charge in [-0.2, -0.15) is 8.62 Å². The number of imidazole rings is 1. The van der Waals surface area contributed by atoms with Crippen molar-refractivity contribution in [2.75, 3.05) is 38.1 Å². The third-order valence-electron chi connectivity index (χ3n) is 4.47. The maximum absolute atomic E-state index is 12.0. The number of fused-ring (bicyclic) bond motifs is 1. The van der Waals surface area contributed by atoms with Gasteiger partial charge in [-0.15, -0.1) is 0 Å². The molecule has 4 atom stereocenters. The molecule has 0 bridgehead atoms. The Morgan fingerprint density at radius 1 is 1.00 bits per heavy atom. The van der Waals surface area contributed by atoms with Gasteiger partial charge in [-0.1, -0.05) is 0 Å². The van der Waals surface area contributed by atoms with Crippen LogP contribution in [0.1, 0.15) is 6.23 Å². The molecule has 0 radical (unpaired) electrons. The van der Waals surface area contributed by atoms with Crippen molar-refractivity contribution < 1.29 is 65.5 Å². The molecule has 204 valence electrons. The van der Waals surface area contributed by atoms with E-state index in [1.165, 1.54) is 17.2 Å². The number of hydrogen-bond donors (Lipinski definition) is 7. The first kappa shape index (κ1) is 29.4. The maximum Gasteiger partial charge on any atom is 0.490 e. The number of nitrogens with zero attached hydrogens (tertiary/aromatic N) is 5. The van der Waals surface area contributed by atoms with Crippen molar-refractivity contribution in [3.8, 4) is 0 Å². The summed E-state index contributed by atoms with van der Waals surface area (Å²) in [7, 11) is -21.1. The van der Waals surface area contributed by atoms with Crippen molar-refractivity contribution in [1.29, 1.82) is 0 Å². The molecule has 1 aliphatic heterocycles. The largest absolute Gasteiger partial charge is 0.490 e. The van der Waals surface area contributed by atoms with E-state index in [2.05, 4.69) is 28.1 Å². The van der Waals surface area contributed by atoms with Crippen LogP contribution in [0.25, 0.3) is 11.2 Å². The molecule has 1 aliphatic rings. The van der Waals surface area contributed by atoms with Crippen LogP contribution in [0.3, 0.4) is 0 Å². The van der Waals surface area contributed by atoms with Gasteiger partial charge in [-0.25, -0.2) is 28.6 Å². The Morgan fingerprint density at radius 3 is 2.33 bits per heavy atom. The van der Waals surface area contributed by atoms with E-state index in [9.17, 15) is 37.8 Å². The van der Waals surface area contributed by atoms with Crippen LogP contribution < -0.4 is 5.73 Å². The van der Waals surface area contributed by atoms with Crippen LogP contribution >= 0.6 is 31.1 Å². The summed E-state index contributed by atoms with van der Waals surface area (Å²) in [6.45, 7) is -0.882. The first-order chi connectivity index (χ1) is 16.4. The number of anilines is 1. The highest BCUT2D eigenvalue weighted by molar-refractivity contribution is 7.66.